The molecule has 154 valence electrons. The highest BCUT2D eigenvalue weighted by molar-refractivity contribution is 5.93. The maximum atomic E-state index is 13.0. The number of hydrogen-bond acceptors (Lipinski definition) is 6. The summed E-state index contributed by atoms with van der Waals surface area (Å²) in [6.45, 7) is 7.74. The lowest BCUT2D eigenvalue weighted by atomic mass is 10.2. The van der Waals surface area contributed by atoms with Crippen molar-refractivity contribution in [3.63, 3.8) is 0 Å². The molecule has 0 aromatic rings. The molecule has 0 bridgehead atoms. The second kappa shape index (κ2) is 6.98. The first-order valence-corrected chi connectivity index (χ1v) is 7.92. The van der Waals surface area contributed by atoms with Crippen LogP contribution >= 0.6 is 0 Å². The molecule has 12 heteroatoms. The molecule has 0 aliphatic carbocycles. The molecule has 1 aliphatic rings. The minimum absolute atomic E-state index is 0.932. The number of halogens is 3. The summed E-state index contributed by atoms with van der Waals surface area (Å²) in [5.74, 6) is -3.71. The fourth-order valence-corrected chi connectivity index (χ4v) is 2.12. The highest BCUT2D eigenvalue weighted by Crippen LogP contribution is 2.28. The molecule has 1 rings (SSSR count). The minimum Gasteiger partial charge on any atom is -0.444 e. The Morgan fingerprint density at radius 2 is 1.52 bits per heavy atom. The van der Waals surface area contributed by atoms with E-state index in [9.17, 15) is 32.3 Å². The topological polar surface area (TPSA) is 111 Å². The molecule has 1 heterocycles. The van der Waals surface area contributed by atoms with Crippen molar-refractivity contribution in [2.45, 2.75) is 65.0 Å². The van der Waals surface area contributed by atoms with Crippen LogP contribution < -0.4 is 10.7 Å². The summed E-state index contributed by atoms with van der Waals surface area (Å²) in [6, 6.07) is -1.61. The molecule has 0 aromatic heterocycles. The molecule has 0 radical (unpaired) electrons. The number of nitrogens with one attached hydrogen (secondary N) is 2. The Balaban J connectivity index is 3.16. The van der Waals surface area contributed by atoms with E-state index >= 15 is 0 Å². The lowest BCUT2D eigenvalue weighted by Gasteiger charge is -2.29. The monoisotopic (exact) mass is 398 g/mol. The number of alkyl carbamates (subject to hydrolysis) is 1. The van der Waals surface area contributed by atoms with Crippen LogP contribution in [0.1, 0.15) is 41.5 Å². The summed E-state index contributed by atoms with van der Waals surface area (Å²) < 4.78 is 46.8. The Kier molecular flexibility index (Phi) is 5.86. The summed E-state index contributed by atoms with van der Waals surface area (Å²) in [6.07, 6.45) is -8.15. The molecular formula is C15H23F3N3O6+. The SMILES string of the molecule is CC(C)(C)OC(=O)N[C@H]1C[N+](C(=O)OC(C)(C)C)(C(=O)C(F)(F)F)NC1=O. The predicted octanol–water partition coefficient (Wildman–Crippen LogP) is 1.77. The number of amides is 4. The molecule has 1 fully saturated rings. The van der Waals surface area contributed by atoms with Gasteiger partial charge in [0.05, 0.1) is 0 Å². The molecule has 9 nitrogen and oxygen atoms in total. The summed E-state index contributed by atoms with van der Waals surface area (Å²) in [4.78, 5) is 48.1. The summed E-state index contributed by atoms with van der Waals surface area (Å²) in [5, 5.41) is 2.05. The molecule has 27 heavy (non-hydrogen) atoms. The Labute approximate surface area is 153 Å². The van der Waals surface area contributed by atoms with Gasteiger partial charge in [0.2, 0.25) is 0 Å². The minimum atomic E-state index is -5.44. The number of quaternary nitrogens is 1. The largest absolute Gasteiger partial charge is 0.550 e. The molecule has 0 spiro atoms. The van der Waals surface area contributed by atoms with Crippen LogP contribution in [0.4, 0.5) is 22.8 Å². The first kappa shape index (κ1) is 22.7. The Morgan fingerprint density at radius 3 is 1.93 bits per heavy atom. The second-order valence-electron chi connectivity index (χ2n) is 7.95. The van der Waals surface area contributed by atoms with Crippen LogP contribution in [0.5, 0.6) is 0 Å². The van der Waals surface area contributed by atoms with Crippen molar-refractivity contribution in [2.75, 3.05) is 6.54 Å². The van der Waals surface area contributed by atoms with E-state index in [0.717, 1.165) is 0 Å². The average molecular weight is 398 g/mol. The van der Waals surface area contributed by atoms with E-state index < -0.39 is 58.6 Å². The van der Waals surface area contributed by atoms with E-state index in [1.165, 1.54) is 41.5 Å². The third kappa shape index (κ3) is 5.81. The predicted molar refractivity (Wildman–Crippen MR) is 83.7 cm³/mol. The van der Waals surface area contributed by atoms with E-state index in [1.54, 1.807) is 5.43 Å². The smallest absolute Gasteiger partial charge is 0.444 e. The molecular weight excluding hydrogens is 375 g/mol. The molecule has 0 aromatic carbocycles. The van der Waals surface area contributed by atoms with Crippen LogP contribution in [0.2, 0.25) is 0 Å². The second-order valence-corrected chi connectivity index (χ2v) is 7.95. The van der Waals surface area contributed by atoms with Crippen molar-refractivity contribution in [3.8, 4) is 0 Å². The van der Waals surface area contributed by atoms with E-state index in [0.29, 0.717) is 0 Å². The van der Waals surface area contributed by atoms with E-state index in [1.807, 2.05) is 5.32 Å². The number of nitrogens with zero attached hydrogens (tertiary/aromatic N) is 1. The van der Waals surface area contributed by atoms with Crippen molar-refractivity contribution in [2.24, 2.45) is 0 Å². The summed E-state index contributed by atoms with van der Waals surface area (Å²) >= 11 is 0. The molecule has 2 N–H and O–H groups in total. The zero-order chi connectivity index (χ0) is 21.4. The average Bonchev–Trinajstić information content (AvgIpc) is 2.71. The molecule has 1 saturated heterocycles. The maximum Gasteiger partial charge on any atom is 0.550 e. The van der Waals surface area contributed by atoms with Gasteiger partial charge in [0, 0.05) is 0 Å². The van der Waals surface area contributed by atoms with Gasteiger partial charge in [0.25, 0.3) is 5.91 Å². The normalized spacial score (nSPS) is 23.4. The van der Waals surface area contributed by atoms with Gasteiger partial charge in [-0.3, -0.25) is 4.79 Å². The zero-order valence-electron chi connectivity index (χ0n) is 15.8. The third-order valence-corrected chi connectivity index (χ3v) is 3.06. The number of ether oxygens (including phenoxy) is 2. The van der Waals surface area contributed by atoms with Crippen molar-refractivity contribution < 1.29 is 46.4 Å². The van der Waals surface area contributed by atoms with Gasteiger partial charge in [0.1, 0.15) is 11.2 Å². The number of carbonyl (C=O) groups excluding carboxylic acids is 4. The molecule has 1 aliphatic heterocycles. The lowest BCUT2D eigenvalue weighted by molar-refractivity contribution is -0.816. The zero-order valence-corrected chi connectivity index (χ0v) is 15.8. The maximum absolute atomic E-state index is 13.0. The van der Waals surface area contributed by atoms with Crippen molar-refractivity contribution >= 4 is 24.0 Å². The fraction of sp³-hybridized carbons (Fsp3) is 0.733. The van der Waals surface area contributed by atoms with Crippen LogP contribution in [0.25, 0.3) is 0 Å². The Bertz CT molecular complexity index is 651. The van der Waals surface area contributed by atoms with Gasteiger partial charge in [-0.15, -0.1) is 0 Å². The van der Waals surface area contributed by atoms with E-state index in [-0.39, 0.29) is 0 Å². The van der Waals surface area contributed by atoms with Gasteiger partial charge in [-0.05, 0) is 46.1 Å². The van der Waals surface area contributed by atoms with Crippen LogP contribution in [0.15, 0.2) is 0 Å². The van der Waals surface area contributed by atoms with Gasteiger partial charge in [-0.2, -0.15) is 23.4 Å². The standard InChI is InChI=1S/C15H22F3N3O6/c1-13(2,3)26-11(24)19-8-7-21(20-9(8)22,10(23)15(16,17)18)12(25)27-14(4,5)6/h8H,7H2,1-6H3,(H-,19,20,22,24)/p+1/t8-,21?/m0/s1. The number of rotatable bonds is 1. The van der Waals surface area contributed by atoms with Crippen molar-refractivity contribution in [1.82, 2.24) is 10.7 Å². The van der Waals surface area contributed by atoms with Gasteiger partial charge in [-0.25, -0.2) is 9.59 Å². The number of imide groups is 1. The van der Waals surface area contributed by atoms with E-state index in [4.69, 9.17) is 9.47 Å². The number of carbonyl (C=O) groups is 4. The van der Waals surface area contributed by atoms with Crippen molar-refractivity contribution in [3.05, 3.63) is 0 Å². The van der Waals surface area contributed by atoms with Gasteiger partial charge in [0.15, 0.2) is 12.6 Å². The van der Waals surface area contributed by atoms with E-state index in [2.05, 4.69) is 0 Å². The Morgan fingerprint density at radius 1 is 1.04 bits per heavy atom. The molecule has 4 amide bonds. The van der Waals surface area contributed by atoms with Gasteiger partial charge >= 0.3 is 24.3 Å². The third-order valence-electron chi connectivity index (χ3n) is 3.06. The fourth-order valence-electron chi connectivity index (χ4n) is 2.12. The first-order chi connectivity index (χ1) is 11.9. The van der Waals surface area contributed by atoms with Crippen LogP contribution in [0, 0.1) is 0 Å². The Hall–Kier alpha value is -2.37. The van der Waals surface area contributed by atoms with Gasteiger partial charge < -0.3 is 14.8 Å². The first-order valence-electron chi connectivity index (χ1n) is 7.92. The van der Waals surface area contributed by atoms with Crippen LogP contribution in [0.3, 0.4) is 0 Å². The molecule has 2 atom stereocenters. The quantitative estimate of drug-likeness (QED) is 0.652. The summed E-state index contributed by atoms with van der Waals surface area (Å²) in [5.41, 5.74) is -0.460. The van der Waals surface area contributed by atoms with Crippen LogP contribution in [-0.4, -0.2) is 58.6 Å². The highest BCUT2D eigenvalue weighted by atomic mass is 19.4. The van der Waals surface area contributed by atoms with Crippen LogP contribution in [-0.2, 0) is 19.1 Å². The number of hydrogen-bond donors (Lipinski definition) is 2. The lowest BCUT2D eigenvalue weighted by Crippen LogP contribution is -2.67. The molecule has 1 unspecified atom stereocenters. The van der Waals surface area contributed by atoms with Crippen molar-refractivity contribution in [1.29, 1.82) is 0 Å². The van der Waals surface area contributed by atoms with Gasteiger partial charge in [-0.1, -0.05) is 0 Å². The summed E-state index contributed by atoms with van der Waals surface area (Å²) in [7, 11) is 0. The number of alkyl halides is 3. The molecule has 0 saturated carbocycles. The highest BCUT2D eigenvalue weighted by Gasteiger charge is 2.67.